The number of anilines is 1. The number of amides is 1. The van der Waals surface area contributed by atoms with Gasteiger partial charge in [0.15, 0.2) is 0 Å². The zero-order valence-electron chi connectivity index (χ0n) is 13.0. The largest absolute Gasteiger partial charge is 0.321 e. The second-order valence-corrected chi connectivity index (χ2v) is 5.42. The maximum Gasteiger partial charge on any atom is 0.276 e. The third-order valence-corrected chi connectivity index (χ3v) is 3.76. The number of H-pyrrole nitrogens is 1. The molecule has 0 atom stereocenters. The molecule has 1 amide bonds. The summed E-state index contributed by atoms with van der Waals surface area (Å²) in [7, 11) is 0. The molecule has 0 saturated carbocycles. The van der Waals surface area contributed by atoms with Crippen LogP contribution in [0.25, 0.3) is 16.6 Å². The number of aromatic amines is 1. The number of rotatable bonds is 3. The molecule has 0 spiro atoms. The molecule has 0 aliphatic heterocycles. The second kappa shape index (κ2) is 6.04. The van der Waals surface area contributed by atoms with Crippen molar-refractivity contribution in [1.29, 1.82) is 0 Å². The highest BCUT2D eigenvalue weighted by molar-refractivity contribution is 6.02. The minimum atomic E-state index is -0.395. The molecule has 25 heavy (non-hydrogen) atoms. The van der Waals surface area contributed by atoms with Gasteiger partial charge in [-0.1, -0.05) is 18.2 Å². The number of nitrogens with one attached hydrogen (secondary N) is 2. The molecule has 0 unspecified atom stereocenters. The first-order valence-corrected chi connectivity index (χ1v) is 7.61. The number of aromatic nitrogens is 4. The summed E-state index contributed by atoms with van der Waals surface area (Å²) in [5, 5.41) is 14.1. The molecule has 0 aliphatic carbocycles. The number of carbonyl (C=O) groups excluding carboxylic acids is 1. The predicted octanol–water partition coefficient (Wildman–Crippen LogP) is 2.36. The monoisotopic (exact) mass is 331 g/mol. The summed E-state index contributed by atoms with van der Waals surface area (Å²) in [6.45, 7) is 0. The number of nitrogens with zero attached hydrogens (tertiary/aromatic N) is 3. The van der Waals surface area contributed by atoms with E-state index in [1.807, 2.05) is 47.3 Å². The van der Waals surface area contributed by atoms with Crippen molar-refractivity contribution in [2.45, 2.75) is 0 Å². The Balaban J connectivity index is 1.57. The highest BCUT2D eigenvalue weighted by Gasteiger charge is 2.09. The smallest absolute Gasteiger partial charge is 0.276 e. The standard InChI is InChI=1S/C18H13N5O2/c24-17-10-9-15(21-22-17)18(25)20-13-5-7-14(8-6-13)23-16-4-2-1-3-12(16)11-19-23/h1-11H,(H,20,25)(H,22,24). The molecule has 2 heterocycles. The first-order valence-electron chi connectivity index (χ1n) is 7.61. The number of fused-ring (bicyclic) bond motifs is 1. The quantitative estimate of drug-likeness (QED) is 0.603. The van der Waals surface area contributed by atoms with Gasteiger partial charge in [-0.2, -0.15) is 10.2 Å². The van der Waals surface area contributed by atoms with Crippen LogP contribution in [0.15, 0.2) is 71.7 Å². The zero-order valence-corrected chi connectivity index (χ0v) is 13.0. The maximum atomic E-state index is 12.1. The topological polar surface area (TPSA) is 92.7 Å². The van der Waals surface area contributed by atoms with Gasteiger partial charge >= 0.3 is 0 Å². The van der Waals surface area contributed by atoms with Gasteiger partial charge in [-0.05, 0) is 36.4 Å². The van der Waals surface area contributed by atoms with Crippen molar-refractivity contribution in [3.8, 4) is 5.69 Å². The molecule has 0 aliphatic rings. The summed E-state index contributed by atoms with van der Waals surface area (Å²) in [4.78, 5) is 23.1. The van der Waals surface area contributed by atoms with Crippen molar-refractivity contribution < 1.29 is 4.79 Å². The van der Waals surface area contributed by atoms with Crippen LogP contribution in [0.2, 0.25) is 0 Å². The third kappa shape index (κ3) is 2.90. The fourth-order valence-electron chi connectivity index (χ4n) is 2.53. The summed E-state index contributed by atoms with van der Waals surface area (Å²) in [5.74, 6) is -0.395. The van der Waals surface area contributed by atoms with Gasteiger partial charge in [0, 0.05) is 17.1 Å². The fourth-order valence-corrected chi connectivity index (χ4v) is 2.53. The molecule has 0 bridgehead atoms. The van der Waals surface area contributed by atoms with Crippen molar-refractivity contribution in [3.05, 3.63) is 82.9 Å². The molecule has 2 N–H and O–H groups in total. The average Bonchev–Trinajstić information content (AvgIpc) is 3.07. The van der Waals surface area contributed by atoms with E-state index in [-0.39, 0.29) is 11.3 Å². The van der Waals surface area contributed by atoms with Gasteiger partial charge in [-0.15, -0.1) is 0 Å². The lowest BCUT2D eigenvalue weighted by molar-refractivity contribution is 0.102. The highest BCUT2D eigenvalue weighted by atomic mass is 16.2. The van der Waals surface area contributed by atoms with E-state index in [0.29, 0.717) is 5.69 Å². The van der Waals surface area contributed by atoms with Crippen LogP contribution in [0.1, 0.15) is 10.5 Å². The summed E-state index contributed by atoms with van der Waals surface area (Å²) < 4.78 is 1.84. The van der Waals surface area contributed by atoms with Crippen LogP contribution in [0.4, 0.5) is 5.69 Å². The SMILES string of the molecule is O=C(Nc1ccc(-n2ncc3ccccc32)cc1)c1ccc(=O)[nH]n1. The first-order chi connectivity index (χ1) is 12.2. The number of hydrogen-bond acceptors (Lipinski definition) is 4. The molecule has 7 nitrogen and oxygen atoms in total. The normalized spacial score (nSPS) is 10.7. The van der Waals surface area contributed by atoms with Gasteiger partial charge in [0.2, 0.25) is 0 Å². The average molecular weight is 331 g/mol. The van der Waals surface area contributed by atoms with E-state index >= 15 is 0 Å². The lowest BCUT2D eigenvalue weighted by atomic mass is 10.2. The van der Waals surface area contributed by atoms with E-state index in [1.165, 1.54) is 12.1 Å². The lowest BCUT2D eigenvalue weighted by Gasteiger charge is -2.07. The van der Waals surface area contributed by atoms with E-state index in [1.54, 1.807) is 12.1 Å². The minimum absolute atomic E-state index is 0.141. The second-order valence-electron chi connectivity index (χ2n) is 5.42. The van der Waals surface area contributed by atoms with Crippen molar-refractivity contribution in [1.82, 2.24) is 20.0 Å². The maximum absolute atomic E-state index is 12.1. The van der Waals surface area contributed by atoms with Crippen LogP contribution in [-0.2, 0) is 0 Å². The third-order valence-electron chi connectivity index (χ3n) is 3.76. The summed E-state index contributed by atoms with van der Waals surface area (Å²) in [6, 6.07) is 17.9. The predicted molar refractivity (Wildman–Crippen MR) is 93.9 cm³/mol. The van der Waals surface area contributed by atoms with Crippen LogP contribution in [0, 0.1) is 0 Å². The molecule has 0 saturated heterocycles. The Hall–Kier alpha value is -3.74. The molecule has 4 rings (SSSR count). The van der Waals surface area contributed by atoms with Crippen molar-refractivity contribution >= 4 is 22.5 Å². The van der Waals surface area contributed by atoms with E-state index < -0.39 is 5.91 Å². The molecule has 2 aromatic carbocycles. The molecule has 7 heteroatoms. The van der Waals surface area contributed by atoms with Crippen LogP contribution >= 0.6 is 0 Å². The number of hydrogen-bond donors (Lipinski definition) is 2. The molecular weight excluding hydrogens is 318 g/mol. The van der Waals surface area contributed by atoms with Crippen LogP contribution < -0.4 is 10.9 Å². The van der Waals surface area contributed by atoms with Gasteiger partial charge in [-0.3, -0.25) is 9.59 Å². The number of carbonyl (C=O) groups is 1. The lowest BCUT2D eigenvalue weighted by Crippen LogP contribution is -2.17. The Kier molecular flexibility index (Phi) is 3.59. The molecule has 2 aromatic heterocycles. The summed E-state index contributed by atoms with van der Waals surface area (Å²) in [6.07, 6.45) is 1.81. The van der Waals surface area contributed by atoms with Crippen LogP contribution in [0.5, 0.6) is 0 Å². The van der Waals surface area contributed by atoms with Crippen LogP contribution in [-0.4, -0.2) is 25.9 Å². The summed E-state index contributed by atoms with van der Waals surface area (Å²) in [5.41, 5.74) is 2.31. The molecule has 4 aromatic rings. The number of para-hydroxylation sites is 1. The van der Waals surface area contributed by atoms with Crippen LogP contribution in [0.3, 0.4) is 0 Å². The first kappa shape index (κ1) is 14.8. The van der Waals surface area contributed by atoms with Gasteiger partial charge in [0.05, 0.1) is 17.4 Å². The molecule has 0 radical (unpaired) electrons. The Morgan fingerprint density at radius 1 is 1.00 bits per heavy atom. The Bertz CT molecular complexity index is 1090. The van der Waals surface area contributed by atoms with Crippen molar-refractivity contribution in [2.75, 3.05) is 5.32 Å². The van der Waals surface area contributed by atoms with Gasteiger partial charge in [0.25, 0.3) is 11.5 Å². The zero-order chi connectivity index (χ0) is 17.2. The van der Waals surface area contributed by atoms with Crippen molar-refractivity contribution in [2.24, 2.45) is 0 Å². The number of benzene rings is 2. The van der Waals surface area contributed by atoms with E-state index in [9.17, 15) is 9.59 Å². The fraction of sp³-hybridized carbons (Fsp3) is 0. The Labute approximate surface area is 141 Å². The highest BCUT2D eigenvalue weighted by Crippen LogP contribution is 2.19. The van der Waals surface area contributed by atoms with Gasteiger partial charge in [0.1, 0.15) is 5.69 Å². The minimum Gasteiger partial charge on any atom is -0.321 e. The summed E-state index contributed by atoms with van der Waals surface area (Å²) >= 11 is 0. The van der Waals surface area contributed by atoms with Gasteiger partial charge < -0.3 is 5.32 Å². The van der Waals surface area contributed by atoms with E-state index in [4.69, 9.17) is 0 Å². The van der Waals surface area contributed by atoms with Gasteiger partial charge in [-0.25, -0.2) is 9.78 Å². The Morgan fingerprint density at radius 2 is 1.80 bits per heavy atom. The molecular formula is C18H13N5O2. The molecule has 122 valence electrons. The van der Waals surface area contributed by atoms with E-state index in [0.717, 1.165) is 16.6 Å². The molecule has 0 fully saturated rings. The van der Waals surface area contributed by atoms with Crippen molar-refractivity contribution in [3.63, 3.8) is 0 Å². The van der Waals surface area contributed by atoms with E-state index in [2.05, 4.69) is 20.6 Å². The Morgan fingerprint density at radius 3 is 2.56 bits per heavy atom.